The molecule has 1 heterocycles. The summed E-state index contributed by atoms with van der Waals surface area (Å²) in [6.07, 6.45) is 1.76. The van der Waals surface area contributed by atoms with Gasteiger partial charge >= 0.3 is 0 Å². The highest BCUT2D eigenvalue weighted by Crippen LogP contribution is 2.29. The molecule has 0 atom stereocenters. The SMILES string of the molecule is COc1cc(Nc2ccn(C)n2)c(F)cc1N. The van der Waals surface area contributed by atoms with Crippen molar-refractivity contribution in [3.63, 3.8) is 0 Å². The van der Waals surface area contributed by atoms with Crippen LogP contribution in [0.1, 0.15) is 0 Å². The normalized spacial score (nSPS) is 10.3. The molecular weight excluding hydrogens is 223 g/mol. The average molecular weight is 236 g/mol. The second-order valence-corrected chi connectivity index (χ2v) is 3.57. The zero-order valence-corrected chi connectivity index (χ0v) is 9.57. The summed E-state index contributed by atoms with van der Waals surface area (Å²) >= 11 is 0. The standard InChI is InChI=1S/C11H13FN4O/c1-16-4-3-11(15-16)14-9-6-10(17-2)8(13)5-7(9)12/h3-6H,13H2,1-2H3,(H,14,15). The van der Waals surface area contributed by atoms with Gasteiger partial charge in [0, 0.05) is 31.4 Å². The fraction of sp³-hybridized carbons (Fsp3) is 0.182. The molecule has 90 valence electrons. The first-order valence-corrected chi connectivity index (χ1v) is 5.00. The van der Waals surface area contributed by atoms with Crippen molar-refractivity contribution in [3.05, 3.63) is 30.2 Å². The van der Waals surface area contributed by atoms with Crippen LogP contribution in [0.4, 0.5) is 21.6 Å². The number of nitrogen functional groups attached to an aromatic ring is 1. The second kappa shape index (κ2) is 4.32. The fourth-order valence-corrected chi connectivity index (χ4v) is 1.46. The molecule has 17 heavy (non-hydrogen) atoms. The number of aryl methyl sites for hydroxylation is 1. The molecule has 0 saturated heterocycles. The topological polar surface area (TPSA) is 65.1 Å². The molecule has 1 aromatic carbocycles. The summed E-state index contributed by atoms with van der Waals surface area (Å²) < 4.78 is 20.3. The van der Waals surface area contributed by atoms with Crippen LogP contribution >= 0.6 is 0 Å². The smallest absolute Gasteiger partial charge is 0.152 e. The predicted octanol–water partition coefficient (Wildman–Crippen LogP) is 1.89. The quantitative estimate of drug-likeness (QED) is 0.799. The van der Waals surface area contributed by atoms with E-state index in [4.69, 9.17) is 10.5 Å². The van der Waals surface area contributed by atoms with Gasteiger partial charge in [0.2, 0.25) is 0 Å². The number of halogens is 1. The highest BCUT2D eigenvalue weighted by molar-refractivity contribution is 5.66. The van der Waals surface area contributed by atoms with Crippen LogP contribution in [0.2, 0.25) is 0 Å². The molecule has 0 spiro atoms. The van der Waals surface area contributed by atoms with Crippen molar-refractivity contribution in [1.29, 1.82) is 0 Å². The van der Waals surface area contributed by atoms with Gasteiger partial charge in [-0.3, -0.25) is 4.68 Å². The van der Waals surface area contributed by atoms with Crippen molar-refractivity contribution in [1.82, 2.24) is 9.78 Å². The number of nitrogens with zero attached hydrogens (tertiary/aromatic N) is 2. The van der Waals surface area contributed by atoms with Gasteiger partial charge in [0.25, 0.3) is 0 Å². The van der Waals surface area contributed by atoms with E-state index < -0.39 is 5.82 Å². The molecule has 2 aromatic rings. The van der Waals surface area contributed by atoms with E-state index in [0.29, 0.717) is 11.6 Å². The van der Waals surface area contributed by atoms with Crippen LogP contribution < -0.4 is 15.8 Å². The van der Waals surface area contributed by atoms with Crippen LogP contribution in [-0.2, 0) is 7.05 Å². The lowest BCUT2D eigenvalue weighted by molar-refractivity contribution is 0.416. The zero-order chi connectivity index (χ0) is 12.4. The lowest BCUT2D eigenvalue weighted by Crippen LogP contribution is -1.99. The number of anilines is 3. The molecule has 0 aliphatic rings. The van der Waals surface area contributed by atoms with Crippen molar-refractivity contribution in [2.75, 3.05) is 18.2 Å². The van der Waals surface area contributed by atoms with Gasteiger partial charge in [-0.2, -0.15) is 5.10 Å². The van der Waals surface area contributed by atoms with E-state index in [2.05, 4.69) is 10.4 Å². The number of nitrogens with two attached hydrogens (primary N) is 1. The van der Waals surface area contributed by atoms with E-state index in [9.17, 15) is 4.39 Å². The average Bonchev–Trinajstić information content (AvgIpc) is 2.68. The third kappa shape index (κ3) is 2.30. The third-order valence-electron chi connectivity index (χ3n) is 2.30. The van der Waals surface area contributed by atoms with Gasteiger partial charge in [-0.05, 0) is 0 Å². The summed E-state index contributed by atoms with van der Waals surface area (Å²) in [6, 6.07) is 4.45. The number of benzene rings is 1. The number of ether oxygens (including phenoxy) is 1. The summed E-state index contributed by atoms with van der Waals surface area (Å²) in [4.78, 5) is 0. The molecule has 0 bridgehead atoms. The highest BCUT2D eigenvalue weighted by Gasteiger charge is 2.09. The van der Waals surface area contributed by atoms with Crippen molar-refractivity contribution >= 4 is 17.2 Å². The van der Waals surface area contributed by atoms with E-state index in [1.807, 2.05) is 0 Å². The maximum Gasteiger partial charge on any atom is 0.152 e. The Hall–Kier alpha value is -2.24. The van der Waals surface area contributed by atoms with E-state index in [0.717, 1.165) is 0 Å². The molecule has 3 N–H and O–H groups in total. The largest absolute Gasteiger partial charge is 0.495 e. The first-order chi connectivity index (χ1) is 8.10. The summed E-state index contributed by atoms with van der Waals surface area (Å²) in [5.41, 5.74) is 6.12. The van der Waals surface area contributed by atoms with Gasteiger partial charge in [0.15, 0.2) is 5.82 Å². The summed E-state index contributed by atoms with van der Waals surface area (Å²) in [7, 11) is 3.26. The Morgan fingerprint density at radius 1 is 1.47 bits per heavy atom. The lowest BCUT2D eigenvalue weighted by atomic mass is 10.2. The summed E-state index contributed by atoms with van der Waals surface area (Å²) in [5.74, 6) is 0.525. The summed E-state index contributed by atoms with van der Waals surface area (Å²) in [6.45, 7) is 0. The Labute approximate surface area is 98.0 Å². The monoisotopic (exact) mass is 236 g/mol. The highest BCUT2D eigenvalue weighted by atomic mass is 19.1. The van der Waals surface area contributed by atoms with Crippen molar-refractivity contribution < 1.29 is 9.13 Å². The number of methoxy groups -OCH3 is 1. The Kier molecular flexibility index (Phi) is 2.86. The Balaban J connectivity index is 2.32. The molecule has 0 radical (unpaired) electrons. The molecule has 0 saturated carbocycles. The zero-order valence-electron chi connectivity index (χ0n) is 9.57. The van der Waals surface area contributed by atoms with Gasteiger partial charge in [0.05, 0.1) is 18.5 Å². The van der Waals surface area contributed by atoms with Gasteiger partial charge in [-0.25, -0.2) is 4.39 Å². The first kappa shape index (κ1) is 11.3. The fourth-order valence-electron chi connectivity index (χ4n) is 1.46. The van der Waals surface area contributed by atoms with Crippen LogP contribution in [0.3, 0.4) is 0 Å². The van der Waals surface area contributed by atoms with E-state index in [1.54, 1.807) is 24.0 Å². The molecular formula is C11H13FN4O. The molecule has 5 nitrogen and oxygen atoms in total. The minimum absolute atomic E-state index is 0.261. The van der Waals surface area contributed by atoms with Crippen LogP contribution in [-0.4, -0.2) is 16.9 Å². The molecule has 0 unspecified atom stereocenters. The molecule has 2 rings (SSSR count). The first-order valence-electron chi connectivity index (χ1n) is 5.00. The molecule has 1 aromatic heterocycles. The van der Waals surface area contributed by atoms with E-state index in [-0.39, 0.29) is 11.4 Å². The van der Waals surface area contributed by atoms with Crippen LogP contribution in [0.15, 0.2) is 24.4 Å². The Morgan fingerprint density at radius 2 is 2.24 bits per heavy atom. The van der Waals surface area contributed by atoms with Gasteiger partial charge in [-0.15, -0.1) is 0 Å². The maximum atomic E-state index is 13.6. The predicted molar refractivity (Wildman–Crippen MR) is 63.9 cm³/mol. The van der Waals surface area contributed by atoms with Crippen LogP contribution in [0.25, 0.3) is 0 Å². The minimum atomic E-state index is -0.450. The number of hydrogen-bond acceptors (Lipinski definition) is 4. The minimum Gasteiger partial charge on any atom is -0.495 e. The van der Waals surface area contributed by atoms with Gasteiger partial charge in [-0.1, -0.05) is 0 Å². The lowest BCUT2D eigenvalue weighted by Gasteiger charge is -2.09. The maximum absolute atomic E-state index is 13.6. The Morgan fingerprint density at radius 3 is 2.82 bits per heavy atom. The number of aromatic nitrogens is 2. The van der Waals surface area contributed by atoms with E-state index >= 15 is 0 Å². The third-order valence-corrected chi connectivity index (χ3v) is 2.30. The van der Waals surface area contributed by atoms with Gasteiger partial charge < -0.3 is 15.8 Å². The van der Waals surface area contributed by atoms with E-state index in [1.165, 1.54) is 19.2 Å². The number of hydrogen-bond donors (Lipinski definition) is 2. The Bertz CT molecular complexity index is 538. The van der Waals surface area contributed by atoms with Crippen LogP contribution in [0.5, 0.6) is 5.75 Å². The molecule has 0 aliphatic carbocycles. The molecule has 6 heteroatoms. The molecule has 0 aliphatic heterocycles. The van der Waals surface area contributed by atoms with Crippen LogP contribution in [0, 0.1) is 5.82 Å². The summed E-state index contributed by atoms with van der Waals surface area (Å²) in [5, 5.41) is 6.94. The van der Waals surface area contributed by atoms with Crippen molar-refractivity contribution in [3.8, 4) is 5.75 Å². The molecule has 0 fully saturated rings. The van der Waals surface area contributed by atoms with Crippen molar-refractivity contribution in [2.24, 2.45) is 7.05 Å². The molecule has 0 amide bonds. The van der Waals surface area contributed by atoms with Gasteiger partial charge in [0.1, 0.15) is 11.6 Å². The van der Waals surface area contributed by atoms with Crippen molar-refractivity contribution in [2.45, 2.75) is 0 Å². The number of rotatable bonds is 3. The number of nitrogens with one attached hydrogen (secondary N) is 1. The second-order valence-electron chi connectivity index (χ2n) is 3.57.